The number of nitrogens with one attached hydrogen (secondary N) is 1. The van der Waals surface area contributed by atoms with Crippen LogP contribution in [0.3, 0.4) is 0 Å². The fraction of sp³-hybridized carbons (Fsp3) is 0.368. The van der Waals surface area contributed by atoms with Gasteiger partial charge in [0.2, 0.25) is 0 Å². The molecule has 0 radical (unpaired) electrons. The van der Waals surface area contributed by atoms with Crippen LogP contribution < -0.4 is 19.5 Å². The number of fused-ring (bicyclic) bond motifs is 1. The van der Waals surface area contributed by atoms with Crippen LogP contribution in [0.25, 0.3) is 0 Å². The van der Waals surface area contributed by atoms with Crippen molar-refractivity contribution in [2.75, 3.05) is 27.9 Å². The maximum atomic E-state index is 6.39. The lowest BCUT2D eigenvalue weighted by Gasteiger charge is -2.30. The topological polar surface area (TPSA) is 39.7 Å². The molecule has 0 bridgehead atoms. The Hall–Kier alpha value is -1.91. The molecule has 3 rings (SSSR count). The lowest BCUT2D eigenvalue weighted by Crippen LogP contribution is -2.31. The van der Waals surface area contributed by atoms with Crippen LogP contribution in [0.15, 0.2) is 24.3 Å². The molecule has 4 nitrogen and oxygen atoms in total. The summed E-state index contributed by atoms with van der Waals surface area (Å²) in [6.07, 6.45) is 0.939. The molecule has 1 aliphatic heterocycles. The molecule has 1 N–H and O–H groups in total. The van der Waals surface area contributed by atoms with E-state index in [1.54, 1.807) is 21.3 Å². The van der Waals surface area contributed by atoms with Gasteiger partial charge in [0.25, 0.3) is 0 Å². The molecule has 128 valence electrons. The van der Waals surface area contributed by atoms with E-state index < -0.39 is 0 Å². The standard InChI is InChI=1S/C19H22ClNO3/c1-11-7-14(19(24-4)15(20)8-11)18-13-10-17(23-3)16(22-2)9-12(13)5-6-21-18/h7-10,18,21H,5-6H2,1-4H3. The zero-order chi connectivity index (χ0) is 17.3. The number of benzene rings is 2. The number of hydrogen-bond acceptors (Lipinski definition) is 4. The smallest absolute Gasteiger partial charge is 0.161 e. The van der Waals surface area contributed by atoms with Crippen molar-refractivity contribution < 1.29 is 14.2 Å². The molecule has 0 aromatic heterocycles. The summed E-state index contributed by atoms with van der Waals surface area (Å²) in [4.78, 5) is 0. The van der Waals surface area contributed by atoms with Gasteiger partial charge in [0, 0.05) is 12.1 Å². The van der Waals surface area contributed by atoms with Crippen LogP contribution in [-0.2, 0) is 6.42 Å². The normalized spacial score (nSPS) is 16.5. The van der Waals surface area contributed by atoms with Crippen molar-refractivity contribution in [2.24, 2.45) is 0 Å². The first-order valence-electron chi connectivity index (χ1n) is 7.91. The minimum absolute atomic E-state index is 0.000839. The molecule has 0 saturated heterocycles. The van der Waals surface area contributed by atoms with Gasteiger partial charge in [0.1, 0.15) is 5.75 Å². The van der Waals surface area contributed by atoms with Gasteiger partial charge in [0.05, 0.1) is 32.4 Å². The first-order valence-corrected chi connectivity index (χ1v) is 8.29. The van der Waals surface area contributed by atoms with E-state index in [1.165, 1.54) is 11.1 Å². The predicted molar refractivity (Wildman–Crippen MR) is 95.8 cm³/mol. The highest BCUT2D eigenvalue weighted by atomic mass is 35.5. The third kappa shape index (κ3) is 2.92. The number of ether oxygens (including phenoxy) is 3. The Bertz CT molecular complexity index is 761. The van der Waals surface area contributed by atoms with Gasteiger partial charge in [-0.3, -0.25) is 0 Å². The monoisotopic (exact) mass is 347 g/mol. The molecule has 0 saturated carbocycles. The molecule has 0 spiro atoms. The average molecular weight is 348 g/mol. The van der Waals surface area contributed by atoms with Crippen LogP contribution in [0.2, 0.25) is 5.02 Å². The van der Waals surface area contributed by atoms with Crippen LogP contribution in [0.4, 0.5) is 0 Å². The van der Waals surface area contributed by atoms with Gasteiger partial charge in [0.15, 0.2) is 11.5 Å². The SMILES string of the molecule is COc1cc2c(cc1OC)C(c1cc(C)cc(Cl)c1OC)NCC2. The highest BCUT2D eigenvalue weighted by Crippen LogP contribution is 2.42. The molecule has 1 aliphatic rings. The molecule has 0 fully saturated rings. The second kappa shape index (κ2) is 6.91. The van der Waals surface area contributed by atoms with Crippen molar-refractivity contribution in [3.63, 3.8) is 0 Å². The summed E-state index contributed by atoms with van der Waals surface area (Å²) in [5, 5.41) is 4.20. The molecule has 0 aliphatic carbocycles. The number of methoxy groups -OCH3 is 3. The van der Waals surface area contributed by atoms with Crippen molar-refractivity contribution in [2.45, 2.75) is 19.4 Å². The number of aryl methyl sites for hydroxylation is 1. The van der Waals surface area contributed by atoms with E-state index >= 15 is 0 Å². The van der Waals surface area contributed by atoms with Gasteiger partial charge >= 0.3 is 0 Å². The van der Waals surface area contributed by atoms with Crippen LogP contribution in [-0.4, -0.2) is 27.9 Å². The van der Waals surface area contributed by atoms with E-state index in [0.717, 1.165) is 35.6 Å². The van der Waals surface area contributed by atoms with Gasteiger partial charge in [-0.05, 0) is 48.2 Å². The van der Waals surface area contributed by atoms with Crippen molar-refractivity contribution in [3.8, 4) is 17.2 Å². The number of rotatable bonds is 4. The van der Waals surface area contributed by atoms with E-state index in [4.69, 9.17) is 25.8 Å². The first-order chi connectivity index (χ1) is 11.6. The molecular formula is C19H22ClNO3. The lowest BCUT2D eigenvalue weighted by atomic mass is 9.88. The van der Waals surface area contributed by atoms with Gasteiger partial charge in [-0.2, -0.15) is 0 Å². The third-order valence-electron chi connectivity index (χ3n) is 4.43. The van der Waals surface area contributed by atoms with Gasteiger partial charge in [-0.15, -0.1) is 0 Å². The van der Waals surface area contributed by atoms with Gasteiger partial charge in [-0.1, -0.05) is 17.7 Å². The zero-order valence-corrected chi connectivity index (χ0v) is 15.2. The maximum absolute atomic E-state index is 6.39. The minimum Gasteiger partial charge on any atom is -0.495 e. The number of halogens is 1. The fourth-order valence-corrected chi connectivity index (χ4v) is 3.70. The zero-order valence-electron chi connectivity index (χ0n) is 14.4. The largest absolute Gasteiger partial charge is 0.495 e. The Morgan fingerprint density at radius 3 is 2.33 bits per heavy atom. The summed E-state index contributed by atoms with van der Waals surface area (Å²) < 4.78 is 16.5. The molecule has 1 unspecified atom stereocenters. The van der Waals surface area contributed by atoms with Crippen LogP contribution >= 0.6 is 11.6 Å². The van der Waals surface area contributed by atoms with E-state index in [1.807, 2.05) is 19.1 Å². The molecule has 2 aromatic carbocycles. The van der Waals surface area contributed by atoms with Crippen molar-refractivity contribution in [1.29, 1.82) is 0 Å². The van der Waals surface area contributed by atoms with E-state index in [9.17, 15) is 0 Å². The Kier molecular flexibility index (Phi) is 4.88. The highest BCUT2D eigenvalue weighted by molar-refractivity contribution is 6.32. The van der Waals surface area contributed by atoms with Crippen molar-refractivity contribution >= 4 is 11.6 Å². The summed E-state index contributed by atoms with van der Waals surface area (Å²) in [6.45, 7) is 2.91. The van der Waals surface area contributed by atoms with E-state index in [0.29, 0.717) is 10.8 Å². The van der Waals surface area contributed by atoms with Crippen LogP contribution in [0.1, 0.15) is 28.3 Å². The predicted octanol–water partition coefficient (Wildman–Crippen LogP) is 3.91. The third-order valence-corrected chi connectivity index (χ3v) is 4.71. The summed E-state index contributed by atoms with van der Waals surface area (Å²) >= 11 is 6.39. The van der Waals surface area contributed by atoms with Crippen molar-refractivity contribution in [1.82, 2.24) is 5.32 Å². The molecular weight excluding hydrogens is 326 g/mol. The first kappa shape index (κ1) is 16.9. The quantitative estimate of drug-likeness (QED) is 0.910. The fourth-order valence-electron chi connectivity index (χ4n) is 3.35. The minimum atomic E-state index is 0.000839. The second-order valence-electron chi connectivity index (χ2n) is 5.91. The Morgan fingerprint density at radius 1 is 0.958 bits per heavy atom. The van der Waals surface area contributed by atoms with Crippen molar-refractivity contribution in [3.05, 3.63) is 51.5 Å². The Balaban J connectivity index is 2.17. The Labute approximate surface area is 147 Å². The highest BCUT2D eigenvalue weighted by Gasteiger charge is 2.27. The molecule has 1 atom stereocenters. The summed E-state index contributed by atoms with van der Waals surface area (Å²) in [7, 11) is 4.96. The van der Waals surface area contributed by atoms with E-state index in [-0.39, 0.29) is 6.04 Å². The average Bonchev–Trinajstić information content (AvgIpc) is 2.59. The van der Waals surface area contributed by atoms with Gasteiger partial charge < -0.3 is 19.5 Å². The maximum Gasteiger partial charge on any atom is 0.161 e. The van der Waals surface area contributed by atoms with Gasteiger partial charge in [-0.25, -0.2) is 0 Å². The summed E-state index contributed by atoms with van der Waals surface area (Å²) in [5.41, 5.74) is 4.55. The second-order valence-corrected chi connectivity index (χ2v) is 6.32. The van der Waals surface area contributed by atoms with E-state index in [2.05, 4.69) is 17.4 Å². The van der Waals surface area contributed by atoms with Crippen LogP contribution in [0.5, 0.6) is 17.2 Å². The molecule has 5 heteroatoms. The lowest BCUT2D eigenvalue weighted by molar-refractivity contribution is 0.352. The number of hydrogen-bond donors (Lipinski definition) is 1. The summed E-state index contributed by atoms with van der Waals surface area (Å²) in [6, 6.07) is 8.14. The molecule has 1 heterocycles. The summed E-state index contributed by atoms with van der Waals surface area (Å²) in [5.74, 6) is 2.19. The Morgan fingerprint density at radius 2 is 1.67 bits per heavy atom. The molecule has 0 amide bonds. The van der Waals surface area contributed by atoms with Crippen LogP contribution in [0, 0.1) is 6.92 Å². The molecule has 2 aromatic rings. The molecule has 24 heavy (non-hydrogen) atoms.